The second-order valence-corrected chi connectivity index (χ2v) is 23.7. The van der Waals surface area contributed by atoms with Gasteiger partial charge in [-0.05, 0) is 124 Å². The standard InChI is InChI=1S/C54H64N10O8S/c1-59-20-22-60(23-21-59)31-36-32-71-48-28-39(27-46(64(66)67)50(48)56-36)73(68,69)58-52(65)42-11-10-37(26-45(42)63-44-13-24-70-33-49(44)72-53-47(63)25-35-12-16-55-51(35)57-53)61-18-14-54(15-19-61)29-38(30-54)62-17-4-7-43(62)41-6-3-2-5-40(41)34-8-9-34/h2-3,5-6,10-12,16,25-28,34,36,38,43-44,49,56H,4,7-9,13-15,17-24,29-33H2,1H3,(H,55,57)(H,58,65)/t36-,43-,44+,49+/m0/s1. The lowest BCUT2D eigenvalue weighted by atomic mass is 9.59. The number of aromatic amines is 1. The predicted octanol–water partition coefficient (Wildman–Crippen LogP) is 7.16. The number of hydrogen-bond donors (Lipinski definition) is 3. The molecular weight excluding hydrogens is 949 g/mol. The smallest absolute Gasteiger partial charge is 0.297 e. The van der Waals surface area contributed by atoms with E-state index in [0.717, 1.165) is 75.2 Å². The number of pyridine rings is 1. The van der Waals surface area contributed by atoms with Gasteiger partial charge in [0.05, 0.1) is 39.8 Å². The average Bonchev–Trinajstić information content (AvgIpc) is 3.95. The zero-order valence-corrected chi connectivity index (χ0v) is 42.2. The van der Waals surface area contributed by atoms with Crippen molar-refractivity contribution in [2.45, 2.75) is 98.9 Å². The van der Waals surface area contributed by atoms with Gasteiger partial charge in [0, 0.05) is 93.9 Å². The van der Waals surface area contributed by atoms with Crippen LogP contribution in [0.2, 0.25) is 0 Å². The van der Waals surface area contributed by atoms with Crippen molar-refractivity contribution < 1.29 is 32.3 Å². The quantitative estimate of drug-likeness (QED) is 0.0892. The molecule has 4 saturated heterocycles. The zero-order chi connectivity index (χ0) is 49.6. The molecule has 2 aliphatic carbocycles. The van der Waals surface area contributed by atoms with Gasteiger partial charge in [-0.15, -0.1) is 0 Å². The number of aromatic nitrogens is 2. The van der Waals surface area contributed by atoms with E-state index in [0.29, 0.717) is 66.6 Å². The van der Waals surface area contributed by atoms with Gasteiger partial charge < -0.3 is 39.2 Å². The van der Waals surface area contributed by atoms with Crippen LogP contribution in [0.25, 0.3) is 11.0 Å². The van der Waals surface area contributed by atoms with Gasteiger partial charge in [-0.25, -0.2) is 13.1 Å². The number of piperidine rings is 1. The number of likely N-dealkylation sites (tertiary alicyclic amines) is 1. The Hall–Kier alpha value is -5.99. The lowest BCUT2D eigenvalue weighted by Crippen LogP contribution is -2.55. The first kappa shape index (κ1) is 46.8. The third-order valence-electron chi connectivity index (χ3n) is 17.4. The Kier molecular flexibility index (Phi) is 11.8. The highest BCUT2D eigenvalue weighted by molar-refractivity contribution is 7.90. The van der Waals surface area contributed by atoms with Crippen LogP contribution in [-0.4, -0.2) is 147 Å². The van der Waals surface area contributed by atoms with Crippen LogP contribution in [0.5, 0.6) is 11.6 Å². The number of nitro benzene ring substituents is 1. The monoisotopic (exact) mass is 1010 g/mol. The number of carbonyl (C=O) groups excluding carboxylic acids is 1. The van der Waals surface area contributed by atoms with E-state index in [1.54, 1.807) is 17.2 Å². The number of ether oxygens (including phenoxy) is 3. The minimum Gasteiger partial charge on any atom is -0.489 e. The minimum atomic E-state index is -4.68. The summed E-state index contributed by atoms with van der Waals surface area (Å²) in [6.45, 7) is 8.03. The molecule has 6 fully saturated rings. The molecule has 13 rings (SSSR count). The molecule has 3 aromatic carbocycles. The third kappa shape index (κ3) is 8.73. The van der Waals surface area contributed by atoms with Crippen LogP contribution in [0, 0.1) is 15.5 Å². The summed E-state index contributed by atoms with van der Waals surface area (Å²) in [4.78, 5) is 46.3. The number of nitro groups is 1. The number of H-pyrrole nitrogens is 1. The molecule has 0 bridgehead atoms. The second-order valence-electron chi connectivity index (χ2n) is 22.0. The van der Waals surface area contributed by atoms with Crippen LogP contribution in [0.4, 0.5) is 28.4 Å². The van der Waals surface area contributed by atoms with Gasteiger partial charge in [0.2, 0.25) is 5.88 Å². The molecule has 384 valence electrons. The number of benzene rings is 3. The highest BCUT2D eigenvalue weighted by atomic mass is 32.2. The number of sulfonamides is 1. The summed E-state index contributed by atoms with van der Waals surface area (Å²) in [5.41, 5.74) is 5.98. The van der Waals surface area contributed by atoms with Gasteiger partial charge in [0.15, 0.2) is 11.4 Å². The summed E-state index contributed by atoms with van der Waals surface area (Å²) in [6, 6.07) is 21.6. The summed E-state index contributed by atoms with van der Waals surface area (Å²) in [5.74, 6) is 0.277. The van der Waals surface area contributed by atoms with Crippen LogP contribution in [-0.2, 0) is 14.8 Å². The Morgan fingerprint density at radius 2 is 1.73 bits per heavy atom. The molecule has 8 heterocycles. The average molecular weight is 1010 g/mol. The number of amides is 1. The van der Waals surface area contributed by atoms with Crippen molar-refractivity contribution in [2.24, 2.45) is 5.41 Å². The van der Waals surface area contributed by atoms with Gasteiger partial charge in [-0.3, -0.25) is 24.7 Å². The minimum absolute atomic E-state index is 0.0383. The van der Waals surface area contributed by atoms with Gasteiger partial charge in [0.1, 0.15) is 24.0 Å². The zero-order valence-electron chi connectivity index (χ0n) is 41.3. The van der Waals surface area contributed by atoms with Crippen molar-refractivity contribution in [1.82, 2.24) is 29.4 Å². The Bertz CT molecular complexity index is 3070. The van der Waals surface area contributed by atoms with Crippen molar-refractivity contribution in [3.8, 4) is 11.6 Å². The SMILES string of the molecule is CN1CCN(C[C@H]2COc3cc(S(=O)(=O)NC(=O)c4ccc(N5CCC6(CC5)CC(N5CCC[C@H]5c5ccccc5C5CC5)C6)cc4N4c5cc6cc[nH]c6nc5O[C@@H]5COCC[C@H]54)cc([N+](=O)[O-])c3N2)CC1. The third-order valence-corrected chi connectivity index (χ3v) is 18.7. The number of fused-ring (bicyclic) bond motifs is 4. The molecule has 5 aromatic rings. The highest BCUT2D eigenvalue weighted by Crippen LogP contribution is 2.55. The largest absolute Gasteiger partial charge is 0.489 e. The molecule has 73 heavy (non-hydrogen) atoms. The molecule has 3 N–H and O–H groups in total. The fourth-order valence-corrected chi connectivity index (χ4v) is 14.3. The van der Waals surface area contributed by atoms with E-state index in [4.69, 9.17) is 19.2 Å². The Morgan fingerprint density at radius 1 is 0.918 bits per heavy atom. The Morgan fingerprint density at radius 3 is 2.52 bits per heavy atom. The van der Waals surface area contributed by atoms with E-state index in [1.165, 1.54) is 51.1 Å². The van der Waals surface area contributed by atoms with Gasteiger partial charge >= 0.3 is 0 Å². The molecule has 0 unspecified atom stereocenters. The summed E-state index contributed by atoms with van der Waals surface area (Å²) in [5, 5.41) is 16.7. The van der Waals surface area contributed by atoms with E-state index < -0.39 is 37.5 Å². The molecule has 18 nitrogen and oxygen atoms in total. The van der Waals surface area contributed by atoms with Gasteiger partial charge in [-0.1, -0.05) is 24.3 Å². The Labute approximate surface area is 425 Å². The molecule has 1 amide bonds. The molecular formula is C54H64N10O8S. The lowest BCUT2D eigenvalue weighted by molar-refractivity contribution is -0.384. The summed E-state index contributed by atoms with van der Waals surface area (Å²) < 4.78 is 49.6. The van der Waals surface area contributed by atoms with Gasteiger partial charge in [0.25, 0.3) is 21.6 Å². The van der Waals surface area contributed by atoms with Crippen molar-refractivity contribution in [3.05, 3.63) is 99.7 Å². The molecule has 2 aromatic heterocycles. The predicted molar refractivity (Wildman–Crippen MR) is 277 cm³/mol. The number of carbonyl (C=O) groups is 1. The van der Waals surface area contributed by atoms with Crippen molar-refractivity contribution in [3.63, 3.8) is 0 Å². The number of anilines is 4. The molecule has 4 atom stereocenters. The first-order chi connectivity index (χ1) is 35.5. The normalized spacial score (nSPS) is 25.5. The first-order valence-electron chi connectivity index (χ1n) is 26.4. The molecule has 6 aliphatic heterocycles. The lowest BCUT2D eigenvalue weighted by Gasteiger charge is -2.56. The number of piperazine rings is 1. The van der Waals surface area contributed by atoms with E-state index in [9.17, 15) is 23.3 Å². The number of nitrogens with zero attached hydrogens (tertiary/aromatic N) is 7. The van der Waals surface area contributed by atoms with Crippen LogP contribution in [0.3, 0.4) is 0 Å². The van der Waals surface area contributed by atoms with Gasteiger partial charge in [-0.2, -0.15) is 4.98 Å². The maximum atomic E-state index is 14.8. The van der Waals surface area contributed by atoms with Crippen LogP contribution in [0.1, 0.15) is 91.2 Å². The topological polar surface area (TPSA) is 191 Å². The van der Waals surface area contributed by atoms with E-state index >= 15 is 0 Å². The fourth-order valence-electron chi connectivity index (χ4n) is 13.3. The van der Waals surface area contributed by atoms with E-state index in [-0.39, 0.29) is 35.7 Å². The van der Waals surface area contributed by atoms with Crippen LogP contribution < -0.4 is 29.3 Å². The van der Waals surface area contributed by atoms with E-state index in [1.807, 2.05) is 30.5 Å². The van der Waals surface area contributed by atoms with Crippen LogP contribution in [0.15, 0.2) is 77.8 Å². The molecule has 1 spiro atoms. The molecule has 2 saturated carbocycles. The van der Waals surface area contributed by atoms with Crippen molar-refractivity contribution >= 4 is 55.4 Å². The molecule has 8 aliphatic rings. The fraction of sp³-hybridized carbons (Fsp3) is 0.519. The summed E-state index contributed by atoms with van der Waals surface area (Å²) in [6.07, 6.45) is 11.6. The number of nitrogens with one attached hydrogen (secondary N) is 3. The van der Waals surface area contributed by atoms with Crippen LogP contribution >= 0.6 is 0 Å². The molecule has 0 radical (unpaired) electrons. The number of hydrogen-bond acceptors (Lipinski definition) is 15. The number of rotatable bonds is 11. The molecule has 19 heteroatoms. The van der Waals surface area contributed by atoms with Crippen molar-refractivity contribution in [2.75, 3.05) is 94.3 Å². The first-order valence-corrected chi connectivity index (χ1v) is 27.9. The number of likely N-dealkylation sites (N-methyl/N-ethyl adjacent to an activating group) is 1. The maximum absolute atomic E-state index is 14.8. The maximum Gasteiger partial charge on any atom is 0.297 e. The summed E-state index contributed by atoms with van der Waals surface area (Å²) >= 11 is 0. The second kappa shape index (κ2) is 18.4. The Balaban J connectivity index is 0.781. The summed E-state index contributed by atoms with van der Waals surface area (Å²) in [7, 11) is -2.60. The highest BCUT2D eigenvalue weighted by Gasteiger charge is 2.51. The van der Waals surface area contributed by atoms with Crippen molar-refractivity contribution in [1.29, 1.82) is 0 Å². The van der Waals surface area contributed by atoms with E-state index in [2.05, 4.69) is 70.8 Å².